The van der Waals surface area contributed by atoms with Crippen molar-refractivity contribution in [2.45, 2.75) is 25.8 Å². The van der Waals surface area contributed by atoms with Crippen molar-refractivity contribution in [1.82, 2.24) is 24.8 Å². The predicted octanol–water partition coefficient (Wildman–Crippen LogP) is 2.05. The zero-order valence-corrected chi connectivity index (χ0v) is 16.7. The molecule has 2 amide bonds. The van der Waals surface area contributed by atoms with Crippen molar-refractivity contribution in [3.63, 3.8) is 0 Å². The number of likely N-dealkylation sites (tertiary alicyclic amines) is 1. The number of hydrogen-bond donors (Lipinski definition) is 1. The Bertz CT molecular complexity index is 996. The number of pyridine rings is 1. The highest BCUT2D eigenvalue weighted by Crippen LogP contribution is 2.18. The fraction of sp³-hybridized carbons (Fsp3) is 0.364. The summed E-state index contributed by atoms with van der Waals surface area (Å²) in [4.78, 5) is 26.8. The first kappa shape index (κ1) is 19.9. The van der Waals surface area contributed by atoms with Crippen molar-refractivity contribution in [2.75, 3.05) is 19.7 Å². The van der Waals surface area contributed by atoms with E-state index in [1.165, 1.54) is 0 Å². The van der Waals surface area contributed by atoms with Crippen molar-refractivity contribution in [2.24, 2.45) is 5.92 Å². The van der Waals surface area contributed by atoms with Gasteiger partial charge in [0.1, 0.15) is 5.75 Å². The fourth-order valence-corrected chi connectivity index (χ4v) is 3.64. The maximum absolute atomic E-state index is 12.5. The number of benzene rings is 1. The number of ether oxygens (including phenoxy) is 1. The molecule has 1 N–H and O–H groups in total. The van der Waals surface area contributed by atoms with Crippen molar-refractivity contribution in [3.05, 3.63) is 60.6 Å². The smallest absolute Gasteiger partial charge is 0.225 e. The van der Waals surface area contributed by atoms with Gasteiger partial charge in [-0.25, -0.2) is 0 Å². The summed E-state index contributed by atoms with van der Waals surface area (Å²) in [6.07, 6.45) is 3.55. The molecule has 156 valence electrons. The number of nitrogens with one attached hydrogen (secondary N) is 1. The number of nitrogens with zero attached hydrogens (tertiary/aromatic N) is 4. The van der Waals surface area contributed by atoms with Crippen LogP contribution in [0.15, 0.2) is 54.7 Å². The summed E-state index contributed by atoms with van der Waals surface area (Å²) in [6.45, 7) is 1.88. The van der Waals surface area contributed by atoms with Crippen molar-refractivity contribution >= 4 is 17.5 Å². The van der Waals surface area contributed by atoms with Crippen LogP contribution in [0.2, 0.25) is 0 Å². The van der Waals surface area contributed by atoms with Gasteiger partial charge in [0.05, 0.1) is 19.6 Å². The van der Waals surface area contributed by atoms with Gasteiger partial charge in [0.15, 0.2) is 11.5 Å². The average molecular weight is 407 g/mol. The minimum absolute atomic E-state index is 0.00203. The normalized spacial score (nSPS) is 14.6. The largest absolute Gasteiger partial charge is 0.493 e. The highest BCUT2D eigenvalue weighted by Gasteiger charge is 2.27. The first-order valence-corrected chi connectivity index (χ1v) is 10.2. The first-order chi connectivity index (χ1) is 14.7. The van der Waals surface area contributed by atoms with Crippen LogP contribution in [-0.2, 0) is 16.1 Å². The predicted molar refractivity (Wildman–Crippen MR) is 111 cm³/mol. The van der Waals surface area contributed by atoms with Crippen LogP contribution in [0.1, 0.15) is 25.1 Å². The van der Waals surface area contributed by atoms with E-state index in [4.69, 9.17) is 4.74 Å². The lowest BCUT2D eigenvalue weighted by Crippen LogP contribution is -2.43. The zero-order valence-electron chi connectivity index (χ0n) is 16.7. The van der Waals surface area contributed by atoms with Gasteiger partial charge in [-0.05, 0) is 37.1 Å². The number of para-hydroxylation sites is 1. The SMILES string of the molecule is O=C(NCc1nnc2ccccn12)C1CCN(C(=O)CCOc2ccccc2)CC1. The van der Waals surface area contributed by atoms with Gasteiger partial charge in [0, 0.05) is 25.2 Å². The number of aromatic nitrogens is 3. The summed E-state index contributed by atoms with van der Waals surface area (Å²) >= 11 is 0. The van der Waals surface area contributed by atoms with Crippen LogP contribution in [-0.4, -0.2) is 51.0 Å². The van der Waals surface area contributed by atoms with Gasteiger partial charge in [0.2, 0.25) is 11.8 Å². The Labute approximate surface area is 174 Å². The van der Waals surface area contributed by atoms with E-state index < -0.39 is 0 Å². The van der Waals surface area contributed by atoms with E-state index in [2.05, 4.69) is 15.5 Å². The molecule has 1 saturated heterocycles. The third-order valence-corrected chi connectivity index (χ3v) is 5.35. The van der Waals surface area contributed by atoms with E-state index >= 15 is 0 Å². The van der Waals surface area contributed by atoms with E-state index in [1.807, 2.05) is 64.0 Å². The lowest BCUT2D eigenvalue weighted by atomic mass is 9.95. The first-order valence-electron chi connectivity index (χ1n) is 10.2. The molecule has 1 aliphatic heterocycles. The van der Waals surface area contributed by atoms with Crippen LogP contribution in [0.25, 0.3) is 5.65 Å². The molecule has 30 heavy (non-hydrogen) atoms. The summed E-state index contributed by atoms with van der Waals surface area (Å²) in [5.41, 5.74) is 0.754. The standard InChI is InChI=1S/C22H25N5O3/c28-21(11-15-30-18-6-2-1-3-7-18)26-13-9-17(10-14-26)22(29)23-16-20-25-24-19-8-4-5-12-27(19)20/h1-8,12,17H,9-11,13-16H2,(H,23,29). The van der Waals surface area contributed by atoms with Gasteiger partial charge in [-0.3, -0.25) is 14.0 Å². The van der Waals surface area contributed by atoms with Crippen LogP contribution < -0.4 is 10.1 Å². The molecule has 1 fully saturated rings. The Hall–Kier alpha value is -3.42. The third-order valence-electron chi connectivity index (χ3n) is 5.35. The maximum atomic E-state index is 12.5. The second-order valence-electron chi connectivity index (χ2n) is 7.33. The van der Waals surface area contributed by atoms with Crippen molar-refractivity contribution < 1.29 is 14.3 Å². The molecular weight excluding hydrogens is 382 g/mol. The molecule has 8 heteroatoms. The van der Waals surface area contributed by atoms with Gasteiger partial charge < -0.3 is 15.0 Å². The number of fused-ring (bicyclic) bond motifs is 1. The summed E-state index contributed by atoms with van der Waals surface area (Å²) in [5, 5.41) is 11.2. The molecule has 0 radical (unpaired) electrons. The van der Waals surface area contributed by atoms with Crippen LogP contribution in [0, 0.1) is 5.92 Å². The van der Waals surface area contributed by atoms with Crippen LogP contribution in [0.4, 0.5) is 0 Å². The minimum Gasteiger partial charge on any atom is -0.493 e. The third kappa shape index (κ3) is 4.76. The van der Waals surface area contributed by atoms with Gasteiger partial charge >= 0.3 is 0 Å². The lowest BCUT2D eigenvalue weighted by Gasteiger charge is -2.31. The molecule has 0 spiro atoms. The van der Waals surface area contributed by atoms with Crippen LogP contribution in [0.3, 0.4) is 0 Å². The zero-order chi connectivity index (χ0) is 20.8. The Balaban J connectivity index is 1.19. The fourth-order valence-electron chi connectivity index (χ4n) is 3.64. The monoisotopic (exact) mass is 407 g/mol. The second kappa shape index (κ2) is 9.39. The summed E-state index contributed by atoms with van der Waals surface area (Å²) in [7, 11) is 0. The molecule has 1 aromatic carbocycles. The van der Waals surface area contributed by atoms with Gasteiger partial charge in [-0.15, -0.1) is 10.2 Å². The Kier molecular flexibility index (Phi) is 6.22. The highest BCUT2D eigenvalue weighted by atomic mass is 16.5. The quantitative estimate of drug-likeness (QED) is 0.648. The summed E-state index contributed by atoms with van der Waals surface area (Å²) in [6, 6.07) is 15.1. The molecule has 0 bridgehead atoms. The Morgan fingerprint density at radius 2 is 1.80 bits per heavy atom. The minimum atomic E-state index is -0.0891. The Morgan fingerprint density at radius 1 is 1.03 bits per heavy atom. The molecule has 0 aliphatic carbocycles. The number of hydrogen-bond acceptors (Lipinski definition) is 5. The summed E-state index contributed by atoms with van der Waals surface area (Å²) in [5.74, 6) is 1.45. The molecule has 0 saturated carbocycles. The molecule has 3 aromatic rings. The van der Waals surface area contributed by atoms with E-state index in [1.54, 1.807) is 0 Å². The molecule has 8 nitrogen and oxygen atoms in total. The topological polar surface area (TPSA) is 88.8 Å². The Morgan fingerprint density at radius 3 is 2.60 bits per heavy atom. The molecular formula is C22H25N5O3. The number of carbonyl (C=O) groups excluding carboxylic acids is 2. The molecule has 0 atom stereocenters. The van der Waals surface area contributed by atoms with Gasteiger partial charge in [-0.2, -0.15) is 0 Å². The van der Waals surface area contributed by atoms with E-state index in [-0.39, 0.29) is 17.7 Å². The number of rotatable bonds is 7. The number of piperidine rings is 1. The number of amides is 2. The van der Waals surface area contributed by atoms with Crippen molar-refractivity contribution in [3.8, 4) is 5.75 Å². The highest BCUT2D eigenvalue weighted by molar-refractivity contribution is 5.80. The van der Waals surface area contributed by atoms with Gasteiger partial charge in [-0.1, -0.05) is 24.3 Å². The number of carbonyl (C=O) groups is 2. The lowest BCUT2D eigenvalue weighted by molar-refractivity contribution is -0.136. The average Bonchev–Trinajstić information content (AvgIpc) is 3.21. The summed E-state index contributed by atoms with van der Waals surface area (Å²) < 4.78 is 7.46. The van der Waals surface area contributed by atoms with E-state index in [9.17, 15) is 9.59 Å². The van der Waals surface area contributed by atoms with Crippen LogP contribution in [0.5, 0.6) is 5.75 Å². The second-order valence-corrected chi connectivity index (χ2v) is 7.33. The van der Waals surface area contributed by atoms with E-state index in [0.717, 1.165) is 11.4 Å². The van der Waals surface area contributed by atoms with Crippen LogP contribution >= 0.6 is 0 Å². The molecule has 1 aliphatic rings. The molecule has 3 heterocycles. The molecule has 4 rings (SSSR count). The van der Waals surface area contributed by atoms with Crippen molar-refractivity contribution in [1.29, 1.82) is 0 Å². The van der Waals surface area contributed by atoms with E-state index in [0.29, 0.717) is 51.3 Å². The molecule has 2 aromatic heterocycles. The molecule has 0 unspecified atom stereocenters. The maximum Gasteiger partial charge on any atom is 0.225 e. The van der Waals surface area contributed by atoms with Gasteiger partial charge in [0.25, 0.3) is 0 Å².